The summed E-state index contributed by atoms with van der Waals surface area (Å²) in [7, 11) is 0. The summed E-state index contributed by atoms with van der Waals surface area (Å²) >= 11 is 0. The van der Waals surface area contributed by atoms with Gasteiger partial charge in [0.05, 0.1) is 5.54 Å². The Balaban J connectivity index is 2.83. The quantitative estimate of drug-likeness (QED) is 0.763. The summed E-state index contributed by atoms with van der Waals surface area (Å²) in [5.41, 5.74) is -0.936. The van der Waals surface area contributed by atoms with Gasteiger partial charge in [-0.1, -0.05) is 27.2 Å². The second-order valence-corrected chi connectivity index (χ2v) is 4.89. The summed E-state index contributed by atoms with van der Waals surface area (Å²) in [6.07, 6.45) is 1.59. The van der Waals surface area contributed by atoms with Crippen LogP contribution in [0.2, 0.25) is 0 Å². The van der Waals surface area contributed by atoms with Crippen LogP contribution in [0.4, 0.5) is 8.78 Å². The van der Waals surface area contributed by atoms with Crippen molar-refractivity contribution in [3.8, 4) is 0 Å². The number of hydrogen-bond acceptors (Lipinski definition) is 1. The van der Waals surface area contributed by atoms with Gasteiger partial charge in [-0.3, -0.25) is 0 Å². The van der Waals surface area contributed by atoms with E-state index in [1.54, 1.807) is 0 Å². The third-order valence-corrected chi connectivity index (χ3v) is 3.95. The molecule has 90 valence electrons. The number of alkyl halides is 2. The molecule has 2 atom stereocenters. The van der Waals surface area contributed by atoms with Crippen LogP contribution in [0.25, 0.3) is 0 Å². The average molecular weight is 219 g/mol. The lowest BCUT2D eigenvalue weighted by atomic mass is 9.67. The largest absolute Gasteiger partial charge is 0.306 e. The Labute approximate surface area is 91.6 Å². The van der Waals surface area contributed by atoms with Crippen molar-refractivity contribution in [1.29, 1.82) is 0 Å². The molecule has 1 rings (SSSR count). The van der Waals surface area contributed by atoms with E-state index in [-0.39, 0.29) is 11.8 Å². The van der Waals surface area contributed by atoms with E-state index in [9.17, 15) is 8.78 Å². The van der Waals surface area contributed by atoms with Gasteiger partial charge in [-0.25, -0.2) is 8.78 Å². The minimum Gasteiger partial charge on any atom is -0.306 e. The van der Waals surface area contributed by atoms with E-state index in [4.69, 9.17) is 0 Å². The van der Waals surface area contributed by atoms with Crippen LogP contribution in [-0.4, -0.2) is 18.5 Å². The second-order valence-electron chi connectivity index (χ2n) is 4.89. The molecule has 1 aliphatic rings. The van der Waals surface area contributed by atoms with Gasteiger partial charge >= 0.3 is 0 Å². The maximum absolute atomic E-state index is 13.3. The lowest BCUT2D eigenvalue weighted by Gasteiger charge is -2.47. The molecule has 1 fully saturated rings. The predicted octanol–water partition coefficient (Wildman–Crippen LogP) is 3.45. The highest BCUT2D eigenvalue weighted by Crippen LogP contribution is 2.42. The van der Waals surface area contributed by atoms with Gasteiger partial charge < -0.3 is 5.32 Å². The molecule has 1 nitrogen and oxygen atoms in total. The molecule has 0 aromatic rings. The van der Waals surface area contributed by atoms with Crippen molar-refractivity contribution in [2.24, 2.45) is 11.8 Å². The van der Waals surface area contributed by atoms with Gasteiger partial charge in [-0.15, -0.1) is 0 Å². The molecule has 0 radical (unpaired) electrons. The topological polar surface area (TPSA) is 12.0 Å². The third-order valence-electron chi connectivity index (χ3n) is 3.95. The highest BCUT2D eigenvalue weighted by Gasteiger charge is 2.49. The van der Waals surface area contributed by atoms with E-state index in [0.29, 0.717) is 6.54 Å². The van der Waals surface area contributed by atoms with Crippen LogP contribution in [0.15, 0.2) is 0 Å². The van der Waals surface area contributed by atoms with Gasteiger partial charge in [0, 0.05) is 0 Å². The first-order valence-corrected chi connectivity index (χ1v) is 6.08. The molecule has 2 unspecified atom stereocenters. The van der Waals surface area contributed by atoms with E-state index >= 15 is 0 Å². The molecule has 0 amide bonds. The fourth-order valence-corrected chi connectivity index (χ4v) is 2.89. The smallest absolute Gasteiger partial charge is 0.257 e. The van der Waals surface area contributed by atoms with Crippen molar-refractivity contribution < 1.29 is 8.78 Å². The van der Waals surface area contributed by atoms with Crippen molar-refractivity contribution in [3.05, 3.63) is 0 Å². The summed E-state index contributed by atoms with van der Waals surface area (Å²) in [4.78, 5) is 0. The molecule has 1 aliphatic carbocycles. The van der Waals surface area contributed by atoms with E-state index in [1.165, 1.54) is 0 Å². The van der Waals surface area contributed by atoms with E-state index in [1.807, 2.05) is 20.8 Å². The highest BCUT2D eigenvalue weighted by atomic mass is 19.3. The molecule has 0 aromatic heterocycles. The van der Waals surface area contributed by atoms with Gasteiger partial charge in [-0.05, 0) is 37.6 Å². The van der Waals surface area contributed by atoms with Crippen LogP contribution in [0, 0.1) is 11.8 Å². The zero-order chi connectivity index (χ0) is 11.5. The minimum absolute atomic E-state index is 0.0767. The number of halogens is 2. The monoisotopic (exact) mass is 219 g/mol. The first-order chi connectivity index (χ1) is 7.05. The van der Waals surface area contributed by atoms with Crippen molar-refractivity contribution in [2.45, 2.75) is 58.4 Å². The Morgan fingerprint density at radius 1 is 1.27 bits per heavy atom. The molecule has 0 saturated heterocycles. The first-order valence-electron chi connectivity index (χ1n) is 6.08. The van der Waals surface area contributed by atoms with E-state index in [2.05, 4.69) is 5.32 Å². The molecule has 0 bridgehead atoms. The molecule has 3 heteroatoms. The number of rotatable bonds is 4. The fourth-order valence-electron chi connectivity index (χ4n) is 2.89. The number of hydrogen-bond donors (Lipinski definition) is 1. The number of nitrogens with one attached hydrogen (secondary N) is 1. The van der Waals surface area contributed by atoms with Gasteiger partial charge in [0.1, 0.15) is 0 Å². The van der Waals surface area contributed by atoms with Crippen LogP contribution in [0.1, 0.15) is 46.5 Å². The summed E-state index contributed by atoms with van der Waals surface area (Å²) < 4.78 is 26.7. The molecule has 1 saturated carbocycles. The molecule has 0 heterocycles. The van der Waals surface area contributed by atoms with Gasteiger partial charge in [0.25, 0.3) is 6.43 Å². The fraction of sp³-hybridized carbons (Fsp3) is 1.00. The summed E-state index contributed by atoms with van der Waals surface area (Å²) in [6, 6.07) is 0. The third kappa shape index (κ3) is 2.32. The molecular weight excluding hydrogens is 196 g/mol. The zero-order valence-electron chi connectivity index (χ0n) is 10.0. The Morgan fingerprint density at radius 3 is 2.20 bits per heavy atom. The molecule has 1 N–H and O–H groups in total. The molecule has 0 spiro atoms. The zero-order valence-corrected chi connectivity index (χ0v) is 10.0. The van der Waals surface area contributed by atoms with Crippen LogP contribution in [-0.2, 0) is 0 Å². The SMILES string of the molecule is CCCNC1(C(F)F)C(C)CCCC1C. The first kappa shape index (κ1) is 12.9. The molecular formula is C12H23F2N. The second kappa shape index (κ2) is 5.24. The maximum Gasteiger partial charge on any atom is 0.257 e. The van der Waals surface area contributed by atoms with Gasteiger partial charge in [0.15, 0.2) is 0 Å². The minimum atomic E-state index is -2.26. The van der Waals surface area contributed by atoms with Crippen LogP contribution in [0.3, 0.4) is 0 Å². The highest BCUT2D eigenvalue weighted by molar-refractivity contribution is 5.01. The van der Waals surface area contributed by atoms with E-state index in [0.717, 1.165) is 25.7 Å². The Kier molecular flexibility index (Phi) is 4.50. The van der Waals surface area contributed by atoms with Gasteiger partial charge in [0.2, 0.25) is 0 Å². The van der Waals surface area contributed by atoms with Crippen molar-refractivity contribution in [2.75, 3.05) is 6.54 Å². The molecule has 15 heavy (non-hydrogen) atoms. The maximum atomic E-state index is 13.3. The van der Waals surface area contributed by atoms with E-state index < -0.39 is 12.0 Å². The van der Waals surface area contributed by atoms with Gasteiger partial charge in [-0.2, -0.15) is 0 Å². The predicted molar refractivity (Wildman–Crippen MR) is 59.2 cm³/mol. The normalized spacial score (nSPS) is 37.2. The van der Waals surface area contributed by atoms with Crippen molar-refractivity contribution >= 4 is 0 Å². The van der Waals surface area contributed by atoms with Crippen LogP contribution in [0.5, 0.6) is 0 Å². The van der Waals surface area contributed by atoms with Crippen molar-refractivity contribution in [3.63, 3.8) is 0 Å². The standard InChI is InChI=1S/C12H23F2N/c1-4-8-15-12(11(13)14)9(2)6-5-7-10(12)3/h9-11,15H,4-8H2,1-3H3. The van der Waals surface area contributed by atoms with Crippen LogP contribution < -0.4 is 5.32 Å². The molecule has 0 aliphatic heterocycles. The Morgan fingerprint density at radius 2 is 1.80 bits per heavy atom. The Bertz CT molecular complexity index is 184. The van der Waals surface area contributed by atoms with Crippen molar-refractivity contribution in [1.82, 2.24) is 5.32 Å². The summed E-state index contributed by atoms with van der Waals surface area (Å²) in [6.45, 7) is 6.64. The Hall–Kier alpha value is -0.180. The lowest BCUT2D eigenvalue weighted by molar-refractivity contribution is -0.0557. The average Bonchev–Trinajstić information content (AvgIpc) is 2.17. The summed E-state index contributed by atoms with van der Waals surface area (Å²) in [5.74, 6) is 0.153. The van der Waals surface area contributed by atoms with Crippen LogP contribution >= 0.6 is 0 Å². The molecule has 0 aromatic carbocycles. The summed E-state index contributed by atoms with van der Waals surface area (Å²) in [5, 5.41) is 3.13. The lowest BCUT2D eigenvalue weighted by Crippen LogP contribution is -2.62.